The summed E-state index contributed by atoms with van der Waals surface area (Å²) in [6, 6.07) is 0.340. The van der Waals surface area contributed by atoms with E-state index < -0.39 is 0 Å². The van der Waals surface area contributed by atoms with Crippen molar-refractivity contribution < 1.29 is 0 Å². The van der Waals surface area contributed by atoms with Gasteiger partial charge in [-0.25, -0.2) is 4.98 Å². The van der Waals surface area contributed by atoms with Crippen LogP contribution in [0.25, 0.3) is 0 Å². The molecule has 5 heteroatoms. The van der Waals surface area contributed by atoms with Crippen molar-refractivity contribution >= 4 is 23.1 Å². The molecule has 0 spiro atoms. The number of hydrogen-bond donors (Lipinski definition) is 2. The third-order valence-electron chi connectivity index (χ3n) is 2.48. The Kier molecular flexibility index (Phi) is 4.80. The Labute approximate surface area is 102 Å². The van der Waals surface area contributed by atoms with Crippen molar-refractivity contribution in [3.8, 4) is 0 Å². The zero-order chi connectivity index (χ0) is 12.1. The molecule has 0 aliphatic heterocycles. The number of anilines is 2. The van der Waals surface area contributed by atoms with Gasteiger partial charge in [0, 0.05) is 6.04 Å². The highest BCUT2D eigenvalue weighted by atomic mass is 35.5. The predicted molar refractivity (Wildman–Crippen MR) is 68.8 cm³/mol. The van der Waals surface area contributed by atoms with Crippen molar-refractivity contribution in [1.82, 2.24) is 9.97 Å². The number of nitrogens with zero attached hydrogens (tertiary/aromatic N) is 2. The van der Waals surface area contributed by atoms with Crippen LogP contribution in [0.2, 0.25) is 5.28 Å². The Morgan fingerprint density at radius 3 is 2.75 bits per heavy atom. The summed E-state index contributed by atoms with van der Waals surface area (Å²) in [5.41, 5.74) is 7.17. The van der Waals surface area contributed by atoms with Gasteiger partial charge in [0.15, 0.2) is 5.82 Å². The van der Waals surface area contributed by atoms with Crippen LogP contribution < -0.4 is 11.1 Å². The number of rotatable bonds is 5. The van der Waals surface area contributed by atoms with Gasteiger partial charge in [0.1, 0.15) is 0 Å². The highest BCUT2D eigenvalue weighted by Crippen LogP contribution is 2.21. The maximum atomic E-state index is 5.88. The van der Waals surface area contributed by atoms with E-state index in [1.807, 2.05) is 6.92 Å². The van der Waals surface area contributed by atoms with Crippen LogP contribution >= 0.6 is 11.6 Å². The van der Waals surface area contributed by atoms with Crippen LogP contribution in [0.15, 0.2) is 0 Å². The van der Waals surface area contributed by atoms with Gasteiger partial charge in [-0.2, -0.15) is 4.98 Å². The lowest BCUT2D eigenvalue weighted by molar-refractivity contribution is 0.643. The summed E-state index contributed by atoms with van der Waals surface area (Å²) in [6.45, 7) is 6.11. The molecule has 1 aromatic heterocycles. The van der Waals surface area contributed by atoms with E-state index in [9.17, 15) is 0 Å². The van der Waals surface area contributed by atoms with E-state index in [1.165, 1.54) is 12.8 Å². The lowest BCUT2D eigenvalue weighted by atomic mass is 10.1. The first-order valence-corrected chi connectivity index (χ1v) is 5.98. The minimum absolute atomic E-state index is 0.233. The average molecular weight is 243 g/mol. The number of aromatic nitrogens is 2. The van der Waals surface area contributed by atoms with Gasteiger partial charge in [-0.05, 0) is 31.9 Å². The summed E-state index contributed by atoms with van der Waals surface area (Å²) in [5.74, 6) is 0.640. The molecule has 1 aromatic rings. The fraction of sp³-hybridized carbons (Fsp3) is 0.636. The molecule has 1 heterocycles. The average Bonchev–Trinajstić information content (AvgIpc) is 2.22. The molecule has 0 saturated heterocycles. The van der Waals surface area contributed by atoms with Gasteiger partial charge >= 0.3 is 0 Å². The van der Waals surface area contributed by atoms with Gasteiger partial charge in [0.25, 0.3) is 0 Å². The molecular weight excluding hydrogens is 224 g/mol. The summed E-state index contributed by atoms with van der Waals surface area (Å²) < 4.78 is 0. The molecule has 1 atom stereocenters. The van der Waals surface area contributed by atoms with Gasteiger partial charge in [0.2, 0.25) is 5.28 Å². The van der Waals surface area contributed by atoms with Crippen LogP contribution in [0, 0.1) is 6.92 Å². The first kappa shape index (κ1) is 13.0. The summed E-state index contributed by atoms with van der Waals surface area (Å²) in [7, 11) is 0. The highest BCUT2D eigenvalue weighted by Gasteiger charge is 2.10. The second kappa shape index (κ2) is 5.89. The Morgan fingerprint density at radius 2 is 2.12 bits per heavy atom. The van der Waals surface area contributed by atoms with Crippen LogP contribution in [0.3, 0.4) is 0 Å². The molecule has 1 unspecified atom stereocenters. The number of nitrogen functional groups attached to an aromatic ring is 1. The summed E-state index contributed by atoms with van der Waals surface area (Å²) >= 11 is 5.79. The number of hydrogen-bond acceptors (Lipinski definition) is 4. The molecule has 0 aliphatic rings. The van der Waals surface area contributed by atoms with Crippen LogP contribution in [-0.4, -0.2) is 16.0 Å². The normalized spacial score (nSPS) is 12.5. The molecule has 0 radical (unpaired) electrons. The summed E-state index contributed by atoms with van der Waals surface area (Å²) in [4.78, 5) is 8.09. The zero-order valence-corrected chi connectivity index (χ0v) is 10.8. The molecule has 0 amide bonds. The molecule has 0 bridgehead atoms. The van der Waals surface area contributed by atoms with E-state index >= 15 is 0 Å². The Balaban J connectivity index is 2.72. The molecule has 0 aliphatic carbocycles. The Morgan fingerprint density at radius 1 is 1.44 bits per heavy atom. The van der Waals surface area contributed by atoms with Crippen LogP contribution in [0.5, 0.6) is 0 Å². The van der Waals surface area contributed by atoms with Crippen molar-refractivity contribution in [1.29, 1.82) is 0 Å². The SMILES string of the molecule is CCCCC(C)Nc1nc(Cl)nc(C)c1N. The van der Waals surface area contributed by atoms with Crippen molar-refractivity contribution in [2.75, 3.05) is 11.1 Å². The molecule has 16 heavy (non-hydrogen) atoms. The predicted octanol–water partition coefficient (Wildman–Crippen LogP) is 3.01. The van der Waals surface area contributed by atoms with Crippen molar-refractivity contribution in [2.24, 2.45) is 0 Å². The fourth-order valence-corrected chi connectivity index (χ4v) is 1.68. The largest absolute Gasteiger partial charge is 0.394 e. The maximum Gasteiger partial charge on any atom is 0.224 e. The number of nitrogens with one attached hydrogen (secondary N) is 1. The number of halogens is 1. The lowest BCUT2D eigenvalue weighted by Gasteiger charge is -2.16. The number of nitrogens with two attached hydrogens (primary N) is 1. The molecule has 4 nitrogen and oxygen atoms in total. The Bertz CT molecular complexity index is 354. The third-order valence-corrected chi connectivity index (χ3v) is 2.65. The standard InChI is InChI=1S/C11H19ClN4/c1-4-5-6-7(2)14-10-9(13)8(3)15-11(12)16-10/h7H,4-6,13H2,1-3H3,(H,14,15,16). The number of aryl methyl sites for hydroxylation is 1. The van der Waals surface area contributed by atoms with E-state index in [0.717, 1.165) is 6.42 Å². The minimum Gasteiger partial charge on any atom is -0.394 e. The smallest absolute Gasteiger partial charge is 0.224 e. The molecule has 0 saturated carbocycles. The van der Waals surface area contributed by atoms with E-state index in [0.29, 0.717) is 23.2 Å². The van der Waals surface area contributed by atoms with Crippen molar-refractivity contribution in [2.45, 2.75) is 46.1 Å². The van der Waals surface area contributed by atoms with Gasteiger partial charge in [-0.3, -0.25) is 0 Å². The van der Waals surface area contributed by atoms with Crippen molar-refractivity contribution in [3.63, 3.8) is 0 Å². The molecule has 1 rings (SSSR count). The van der Waals surface area contributed by atoms with Gasteiger partial charge in [-0.1, -0.05) is 19.8 Å². The fourth-order valence-electron chi connectivity index (χ4n) is 1.47. The minimum atomic E-state index is 0.233. The van der Waals surface area contributed by atoms with Crippen LogP contribution in [-0.2, 0) is 0 Å². The summed E-state index contributed by atoms with van der Waals surface area (Å²) in [5, 5.41) is 3.50. The van der Waals surface area contributed by atoms with Crippen LogP contribution in [0.1, 0.15) is 38.8 Å². The summed E-state index contributed by atoms with van der Waals surface area (Å²) in [6.07, 6.45) is 3.47. The maximum absolute atomic E-state index is 5.88. The Hall–Kier alpha value is -1.03. The van der Waals surface area contributed by atoms with E-state index in [4.69, 9.17) is 17.3 Å². The monoisotopic (exact) mass is 242 g/mol. The molecule has 3 N–H and O–H groups in total. The first-order valence-electron chi connectivity index (χ1n) is 5.60. The highest BCUT2D eigenvalue weighted by molar-refractivity contribution is 6.28. The molecule has 90 valence electrons. The second-order valence-corrected chi connectivity index (χ2v) is 4.37. The topological polar surface area (TPSA) is 63.8 Å². The van der Waals surface area contributed by atoms with Crippen molar-refractivity contribution in [3.05, 3.63) is 11.0 Å². The van der Waals surface area contributed by atoms with E-state index in [2.05, 4.69) is 29.1 Å². The first-order chi connectivity index (χ1) is 7.54. The molecule has 0 fully saturated rings. The quantitative estimate of drug-likeness (QED) is 0.779. The zero-order valence-electron chi connectivity index (χ0n) is 10.0. The number of unbranched alkanes of at least 4 members (excludes halogenated alkanes) is 1. The third kappa shape index (κ3) is 3.52. The molecule has 0 aromatic carbocycles. The van der Waals surface area contributed by atoms with Gasteiger partial charge in [-0.15, -0.1) is 0 Å². The second-order valence-electron chi connectivity index (χ2n) is 4.03. The van der Waals surface area contributed by atoms with E-state index in [1.54, 1.807) is 0 Å². The van der Waals surface area contributed by atoms with Crippen LogP contribution in [0.4, 0.5) is 11.5 Å². The van der Waals surface area contributed by atoms with E-state index in [-0.39, 0.29) is 5.28 Å². The van der Waals surface area contributed by atoms with Gasteiger partial charge in [0.05, 0.1) is 11.4 Å². The molecular formula is C11H19ClN4. The van der Waals surface area contributed by atoms with Gasteiger partial charge < -0.3 is 11.1 Å². The lowest BCUT2D eigenvalue weighted by Crippen LogP contribution is -2.17.